The van der Waals surface area contributed by atoms with Gasteiger partial charge in [-0.1, -0.05) is 29.8 Å². The van der Waals surface area contributed by atoms with Crippen LogP contribution in [0.2, 0.25) is 0 Å². The van der Waals surface area contributed by atoms with E-state index in [2.05, 4.69) is 5.32 Å². The van der Waals surface area contributed by atoms with Crippen LogP contribution in [0.3, 0.4) is 0 Å². The molecule has 5 nitrogen and oxygen atoms in total. The Balaban J connectivity index is 2.30. The lowest BCUT2D eigenvalue weighted by molar-refractivity contribution is 0.363. The van der Waals surface area contributed by atoms with Crippen LogP contribution in [-0.2, 0) is 4.57 Å². The van der Waals surface area contributed by atoms with E-state index in [1.165, 1.54) is 0 Å². The van der Waals surface area contributed by atoms with Crippen LogP contribution < -0.4 is 10.1 Å². The van der Waals surface area contributed by atoms with Gasteiger partial charge in [0.15, 0.2) is 5.78 Å². The molecule has 0 saturated carbocycles. The van der Waals surface area contributed by atoms with Crippen molar-refractivity contribution in [3.05, 3.63) is 59.7 Å². The first-order valence-electron chi connectivity index (χ1n) is 6.42. The Morgan fingerprint density at radius 3 is 2.10 bits per heavy atom. The van der Waals surface area contributed by atoms with E-state index in [0.29, 0.717) is 17.0 Å². The lowest BCUT2D eigenvalue weighted by Crippen LogP contribution is -2.11. The van der Waals surface area contributed by atoms with Gasteiger partial charge in [-0.05, 0) is 36.8 Å². The van der Waals surface area contributed by atoms with Gasteiger partial charge in [0, 0.05) is 5.69 Å². The van der Waals surface area contributed by atoms with Gasteiger partial charge < -0.3 is 19.8 Å². The number of hydrogen-bond donors (Lipinski definition) is 3. The van der Waals surface area contributed by atoms with Crippen LogP contribution in [0.25, 0.3) is 0 Å². The molecule has 2 aromatic rings. The topological polar surface area (TPSA) is 78.8 Å². The summed E-state index contributed by atoms with van der Waals surface area (Å²) in [6, 6.07) is 14.0. The van der Waals surface area contributed by atoms with Crippen molar-refractivity contribution in [3.8, 4) is 5.75 Å². The number of nitrogens with one attached hydrogen (secondary N) is 1. The second-order valence-electron chi connectivity index (χ2n) is 4.78. The van der Waals surface area contributed by atoms with Gasteiger partial charge in [-0.25, -0.2) is 0 Å². The number of hydrogen-bond acceptors (Lipinski definition) is 3. The lowest BCUT2D eigenvalue weighted by Gasteiger charge is -2.21. The fourth-order valence-electron chi connectivity index (χ4n) is 1.96. The third-order valence-electron chi connectivity index (χ3n) is 3.12. The predicted octanol–water partition coefficient (Wildman–Crippen LogP) is 3.29. The van der Waals surface area contributed by atoms with Crippen LogP contribution in [0.5, 0.6) is 5.75 Å². The first-order chi connectivity index (χ1) is 9.90. The highest BCUT2D eigenvalue weighted by Gasteiger charge is 2.30. The number of ether oxygens (including phenoxy) is 1. The molecular weight excluding hydrogens is 289 g/mol. The number of rotatable bonds is 5. The molecule has 0 amide bonds. The van der Waals surface area contributed by atoms with Gasteiger partial charge in [0.2, 0.25) is 0 Å². The number of benzene rings is 2. The lowest BCUT2D eigenvalue weighted by atomic mass is 10.2. The fraction of sp³-hybridized carbons (Fsp3) is 0.200. The van der Waals surface area contributed by atoms with Crippen LogP contribution in [-0.4, -0.2) is 16.9 Å². The van der Waals surface area contributed by atoms with E-state index in [4.69, 9.17) is 4.74 Å². The Morgan fingerprint density at radius 2 is 1.62 bits per heavy atom. The Hall–Kier alpha value is -1.81. The minimum atomic E-state index is -4.35. The summed E-state index contributed by atoms with van der Waals surface area (Å²) < 4.78 is 16.8. The summed E-state index contributed by atoms with van der Waals surface area (Å²) >= 11 is 0. The summed E-state index contributed by atoms with van der Waals surface area (Å²) in [4.78, 5) is 19.2. The summed E-state index contributed by atoms with van der Waals surface area (Å²) in [6.45, 7) is 1.95. The molecule has 0 heterocycles. The normalized spacial score (nSPS) is 12.8. The second kappa shape index (κ2) is 6.31. The maximum atomic E-state index is 11.8. The van der Waals surface area contributed by atoms with Gasteiger partial charge in [-0.15, -0.1) is 0 Å². The smallest absolute Gasteiger partial charge is 0.352 e. The zero-order chi connectivity index (χ0) is 15.5. The first kappa shape index (κ1) is 15.6. The summed E-state index contributed by atoms with van der Waals surface area (Å²) in [7, 11) is -2.81. The predicted molar refractivity (Wildman–Crippen MR) is 82.6 cm³/mol. The highest BCUT2D eigenvalue weighted by Crippen LogP contribution is 2.51. The summed E-state index contributed by atoms with van der Waals surface area (Å²) in [5.74, 6) is -0.454. The number of anilines is 1. The minimum Gasteiger partial charge on any atom is -0.497 e. The zero-order valence-corrected chi connectivity index (χ0v) is 12.7. The molecule has 0 bridgehead atoms. The van der Waals surface area contributed by atoms with Crippen molar-refractivity contribution in [2.75, 3.05) is 12.4 Å². The van der Waals surface area contributed by atoms with Crippen molar-refractivity contribution in [3.63, 3.8) is 0 Å². The molecule has 0 saturated heterocycles. The van der Waals surface area contributed by atoms with Crippen molar-refractivity contribution in [2.24, 2.45) is 0 Å². The molecule has 1 unspecified atom stereocenters. The molecule has 0 aliphatic rings. The van der Waals surface area contributed by atoms with Crippen molar-refractivity contribution in [2.45, 2.75) is 12.7 Å². The van der Waals surface area contributed by atoms with E-state index >= 15 is 0 Å². The van der Waals surface area contributed by atoms with E-state index in [0.717, 1.165) is 5.56 Å². The monoisotopic (exact) mass is 307 g/mol. The van der Waals surface area contributed by atoms with E-state index in [1.807, 2.05) is 19.1 Å². The average Bonchev–Trinajstić information content (AvgIpc) is 2.45. The number of aryl methyl sites for hydroxylation is 1. The van der Waals surface area contributed by atoms with Crippen molar-refractivity contribution in [1.82, 2.24) is 0 Å². The molecule has 0 aliphatic heterocycles. The van der Waals surface area contributed by atoms with E-state index < -0.39 is 13.4 Å². The Morgan fingerprint density at radius 1 is 1.05 bits per heavy atom. The Bertz CT molecular complexity index is 634. The van der Waals surface area contributed by atoms with Crippen LogP contribution in [0.15, 0.2) is 48.5 Å². The van der Waals surface area contributed by atoms with Gasteiger partial charge in [0.25, 0.3) is 0 Å². The molecular formula is C15H18NO4P. The molecule has 0 radical (unpaired) electrons. The highest BCUT2D eigenvalue weighted by molar-refractivity contribution is 7.52. The first-order valence-corrected chi connectivity index (χ1v) is 8.10. The van der Waals surface area contributed by atoms with Crippen molar-refractivity contribution >= 4 is 13.3 Å². The minimum absolute atomic E-state index is 0.504. The molecule has 21 heavy (non-hydrogen) atoms. The summed E-state index contributed by atoms with van der Waals surface area (Å²) in [5.41, 5.74) is 2.24. The second-order valence-corrected chi connectivity index (χ2v) is 6.47. The molecule has 1 atom stereocenters. The van der Waals surface area contributed by atoms with Crippen molar-refractivity contribution in [1.29, 1.82) is 0 Å². The quantitative estimate of drug-likeness (QED) is 0.739. The molecule has 2 aromatic carbocycles. The van der Waals surface area contributed by atoms with Gasteiger partial charge in [-0.3, -0.25) is 4.57 Å². The maximum absolute atomic E-state index is 11.8. The maximum Gasteiger partial charge on any atom is 0.352 e. The molecule has 112 valence electrons. The van der Waals surface area contributed by atoms with E-state index in [9.17, 15) is 14.4 Å². The van der Waals surface area contributed by atoms with E-state index in [1.54, 1.807) is 43.5 Å². The van der Waals surface area contributed by atoms with Gasteiger partial charge >= 0.3 is 7.60 Å². The highest BCUT2D eigenvalue weighted by atomic mass is 31.2. The molecule has 0 spiro atoms. The van der Waals surface area contributed by atoms with Crippen LogP contribution in [0.4, 0.5) is 5.69 Å². The average molecular weight is 307 g/mol. The third kappa shape index (κ3) is 4.08. The van der Waals surface area contributed by atoms with Crippen LogP contribution in [0.1, 0.15) is 16.9 Å². The summed E-state index contributed by atoms with van der Waals surface area (Å²) in [6.07, 6.45) is 0. The standard InChI is InChI=1S/C15H18NO4P/c1-11-3-7-13(8-4-11)16-15(21(17,18)19)12-5-9-14(20-2)10-6-12/h3-10,15-16H,1-2H3,(H2,17,18,19). The molecule has 2 rings (SSSR count). The van der Waals surface area contributed by atoms with Gasteiger partial charge in [-0.2, -0.15) is 0 Å². The zero-order valence-electron chi connectivity index (χ0n) is 11.9. The summed E-state index contributed by atoms with van der Waals surface area (Å²) in [5, 5.41) is 2.90. The molecule has 0 fully saturated rings. The Labute approximate surface area is 123 Å². The van der Waals surface area contributed by atoms with Gasteiger partial charge in [0.05, 0.1) is 7.11 Å². The molecule has 3 N–H and O–H groups in total. The van der Waals surface area contributed by atoms with E-state index in [-0.39, 0.29) is 0 Å². The third-order valence-corrected chi connectivity index (χ3v) is 4.22. The van der Waals surface area contributed by atoms with Crippen LogP contribution in [0, 0.1) is 6.92 Å². The largest absolute Gasteiger partial charge is 0.497 e. The SMILES string of the molecule is COc1ccc(C(Nc2ccc(C)cc2)P(=O)(O)O)cc1. The fourth-order valence-corrected chi connectivity index (χ4v) is 2.83. The van der Waals surface area contributed by atoms with Crippen LogP contribution >= 0.6 is 7.60 Å². The van der Waals surface area contributed by atoms with Gasteiger partial charge in [0.1, 0.15) is 5.75 Å². The van der Waals surface area contributed by atoms with Crippen molar-refractivity contribution < 1.29 is 19.1 Å². The molecule has 6 heteroatoms. The number of methoxy groups -OCH3 is 1. The molecule has 0 aromatic heterocycles. The molecule has 0 aliphatic carbocycles. The Kier molecular flexibility index (Phi) is 4.68.